The third kappa shape index (κ3) is 4.45. The predicted octanol–water partition coefficient (Wildman–Crippen LogP) is 0.872. The first-order valence-electron chi connectivity index (χ1n) is 7.22. The molecule has 0 amide bonds. The molecule has 7 heteroatoms. The normalized spacial score (nSPS) is 12.8. The molecule has 0 saturated carbocycles. The predicted molar refractivity (Wildman–Crippen MR) is 93.3 cm³/mol. The molecule has 4 nitrogen and oxygen atoms in total. The summed E-state index contributed by atoms with van der Waals surface area (Å²) < 4.78 is 32.6. The Morgan fingerprint density at radius 1 is 1.12 bits per heavy atom. The fraction of sp³-hybridized carbons (Fsp3) is 0.176. The van der Waals surface area contributed by atoms with Crippen LogP contribution in [0.3, 0.4) is 0 Å². The Morgan fingerprint density at radius 2 is 1.83 bits per heavy atom. The molecular formula is C17H16NNaO3S2. The molecule has 0 aromatic heterocycles. The minimum absolute atomic E-state index is 0. The van der Waals surface area contributed by atoms with Gasteiger partial charge in [0.2, 0.25) is 0 Å². The van der Waals surface area contributed by atoms with Crippen molar-refractivity contribution in [3.05, 3.63) is 54.6 Å². The van der Waals surface area contributed by atoms with Crippen LogP contribution < -0.4 is 34.5 Å². The summed E-state index contributed by atoms with van der Waals surface area (Å²) in [6.07, 6.45) is 2.10. The smallest absolute Gasteiger partial charge is 0.748 e. The molecule has 0 aliphatic carbocycles. The molecule has 0 atom stereocenters. The van der Waals surface area contributed by atoms with Crippen molar-refractivity contribution in [1.29, 1.82) is 0 Å². The molecule has 1 heterocycles. The van der Waals surface area contributed by atoms with Crippen LogP contribution in [0.4, 0.5) is 11.4 Å². The Bertz CT molecular complexity index is 853. The Morgan fingerprint density at radius 3 is 2.54 bits per heavy atom. The van der Waals surface area contributed by atoms with Crippen LogP contribution >= 0.6 is 11.8 Å². The van der Waals surface area contributed by atoms with Gasteiger partial charge in [-0.3, -0.25) is 0 Å². The number of rotatable bonds is 5. The van der Waals surface area contributed by atoms with E-state index in [2.05, 4.69) is 17.5 Å². The van der Waals surface area contributed by atoms with Gasteiger partial charge in [-0.25, -0.2) is 8.42 Å². The van der Waals surface area contributed by atoms with Crippen molar-refractivity contribution in [2.75, 3.05) is 17.2 Å². The van der Waals surface area contributed by atoms with E-state index in [4.69, 9.17) is 0 Å². The van der Waals surface area contributed by atoms with E-state index in [9.17, 15) is 13.0 Å². The maximum Gasteiger partial charge on any atom is 1.00 e. The SMILES string of the molecule is C=Cc1ccc2c(c1)Sc1ccccc1N2CCCS(=O)(=O)[O-].[Na+]. The van der Waals surface area contributed by atoms with Gasteiger partial charge in [0.1, 0.15) is 0 Å². The van der Waals surface area contributed by atoms with Crippen molar-refractivity contribution in [2.45, 2.75) is 16.2 Å². The van der Waals surface area contributed by atoms with Crippen molar-refractivity contribution in [2.24, 2.45) is 0 Å². The van der Waals surface area contributed by atoms with Gasteiger partial charge in [0, 0.05) is 22.1 Å². The van der Waals surface area contributed by atoms with Crippen LogP contribution in [-0.2, 0) is 10.1 Å². The molecule has 0 fully saturated rings. The number of hydrogen-bond donors (Lipinski definition) is 0. The van der Waals surface area contributed by atoms with Gasteiger partial charge in [-0.15, -0.1) is 0 Å². The molecule has 2 aromatic rings. The molecule has 0 spiro atoms. The van der Waals surface area contributed by atoms with E-state index in [-0.39, 0.29) is 35.3 Å². The molecule has 0 unspecified atom stereocenters. The largest absolute Gasteiger partial charge is 1.00 e. The van der Waals surface area contributed by atoms with Gasteiger partial charge < -0.3 is 9.45 Å². The molecule has 2 aromatic carbocycles. The first-order chi connectivity index (χ1) is 11.0. The number of benzene rings is 2. The van der Waals surface area contributed by atoms with E-state index in [0.29, 0.717) is 13.0 Å². The summed E-state index contributed by atoms with van der Waals surface area (Å²) in [6.45, 7) is 4.28. The van der Waals surface area contributed by atoms with Crippen molar-refractivity contribution in [3.63, 3.8) is 0 Å². The van der Waals surface area contributed by atoms with Crippen LogP contribution in [0.25, 0.3) is 6.08 Å². The van der Waals surface area contributed by atoms with Gasteiger partial charge in [0.05, 0.1) is 21.5 Å². The van der Waals surface area contributed by atoms with Crippen LogP contribution in [0.5, 0.6) is 0 Å². The van der Waals surface area contributed by atoms with E-state index in [0.717, 1.165) is 26.7 Å². The van der Waals surface area contributed by atoms with E-state index in [1.165, 1.54) is 0 Å². The molecule has 120 valence electrons. The van der Waals surface area contributed by atoms with E-state index < -0.39 is 10.1 Å². The monoisotopic (exact) mass is 369 g/mol. The minimum Gasteiger partial charge on any atom is -0.748 e. The maximum atomic E-state index is 10.9. The fourth-order valence-electron chi connectivity index (χ4n) is 2.62. The number of nitrogens with zero attached hydrogens (tertiary/aromatic N) is 1. The summed E-state index contributed by atoms with van der Waals surface area (Å²) in [7, 11) is -4.19. The maximum absolute atomic E-state index is 10.9. The Kier molecular flexibility index (Phi) is 6.59. The van der Waals surface area contributed by atoms with E-state index in [1.54, 1.807) is 17.8 Å². The van der Waals surface area contributed by atoms with Crippen LogP contribution in [0, 0.1) is 0 Å². The van der Waals surface area contributed by atoms with Crippen LogP contribution in [0.1, 0.15) is 12.0 Å². The standard InChI is InChI=1S/C17H17NO3S2.Na/c1-2-13-8-9-15-17(12-13)22-16-7-4-3-6-14(16)18(15)10-5-11-23(19,20)21;/h2-4,6-9,12H,1,5,10-11H2,(H,19,20,21);/q;+1/p-1. The van der Waals surface area contributed by atoms with Crippen LogP contribution in [0.15, 0.2) is 58.8 Å². The molecule has 0 N–H and O–H groups in total. The van der Waals surface area contributed by atoms with Gasteiger partial charge in [0.25, 0.3) is 0 Å². The topological polar surface area (TPSA) is 60.4 Å². The van der Waals surface area contributed by atoms with Gasteiger partial charge in [-0.05, 0) is 36.2 Å². The summed E-state index contributed by atoms with van der Waals surface area (Å²) in [5.74, 6) is -0.348. The van der Waals surface area contributed by atoms with Crippen molar-refractivity contribution >= 4 is 39.3 Å². The quantitative estimate of drug-likeness (QED) is 0.578. The summed E-state index contributed by atoms with van der Waals surface area (Å²) in [5.41, 5.74) is 3.11. The number of fused-ring (bicyclic) bond motifs is 2. The minimum atomic E-state index is -4.19. The molecule has 24 heavy (non-hydrogen) atoms. The third-order valence-electron chi connectivity index (χ3n) is 3.66. The van der Waals surface area contributed by atoms with Crippen molar-refractivity contribution < 1.29 is 42.5 Å². The second-order valence-corrected chi connectivity index (χ2v) is 7.88. The average Bonchev–Trinajstić information content (AvgIpc) is 2.52. The summed E-state index contributed by atoms with van der Waals surface area (Å²) >= 11 is 1.69. The van der Waals surface area contributed by atoms with Crippen LogP contribution in [0.2, 0.25) is 0 Å². The second kappa shape index (κ2) is 8.08. The van der Waals surface area contributed by atoms with Gasteiger partial charge in [0.15, 0.2) is 0 Å². The Balaban J connectivity index is 0.00000208. The van der Waals surface area contributed by atoms with E-state index >= 15 is 0 Å². The molecule has 1 aliphatic rings. The molecule has 0 radical (unpaired) electrons. The molecule has 1 aliphatic heterocycles. The second-order valence-electron chi connectivity index (χ2n) is 5.27. The van der Waals surface area contributed by atoms with E-state index in [1.807, 2.05) is 36.4 Å². The first kappa shape index (κ1) is 19.6. The fourth-order valence-corrected chi connectivity index (χ4v) is 4.24. The number of para-hydroxylation sites is 1. The zero-order valence-electron chi connectivity index (χ0n) is 13.4. The average molecular weight is 369 g/mol. The molecule has 0 saturated heterocycles. The summed E-state index contributed by atoms with van der Waals surface area (Å²) in [6, 6.07) is 14.1. The van der Waals surface area contributed by atoms with Gasteiger partial charge >= 0.3 is 29.6 Å². The third-order valence-corrected chi connectivity index (χ3v) is 5.56. The molecule has 0 bridgehead atoms. The zero-order valence-corrected chi connectivity index (χ0v) is 17.1. The van der Waals surface area contributed by atoms with Crippen LogP contribution in [-0.4, -0.2) is 25.3 Å². The first-order valence-corrected chi connectivity index (χ1v) is 9.62. The summed E-state index contributed by atoms with van der Waals surface area (Å²) in [5, 5.41) is 0. The molecule has 3 rings (SSSR count). The van der Waals surface area contributed by atoms with Gasteiger partial charge in [-0.2, -0.15) is 0 Å². The Labute approximate surface area is 169 Å². The van der Waals surface area contributed by atoms with Gasteiger partial charge in [-0.1, -0.05) is 42.6 Å². The Hall–Kier alpha value is -0.760. The summed E-state index contributed by atoms with van der Waals surface area (Å²) in [4.78, 5) is 4.30. The number of hydrogen-bond acceptors (Lipinski definition) is 5. The number of anilines is 2. The zero-order chi connectivity index (χ0) is 16.4. The molecular weight excluding hydrogens is 353 g/mol. The van der Waals surface area contributed by atoms with Crippen molar-refractivity contribution in [1.82, 2.24) is 0 Å². The van der Waals surface area contributed by atoms with Crippen molar-refractivity contribution in [3.8, 4) is 0 Å².